The van der Waals surface area contributed by atoms with Crippen LogP contribution >= 0.6 is 0 Å². The van der Waals surface area contributed by atoms with Crippen LogP contribution in [0.15, 0.2) is 18.3 Å². The smallest absolute Gasteiger partial charge is 0.222 e. The van der Waals surface area contributed by atoms with Crippen molar-refractivity contribution in [3.8, 4) is 5.75 Å². The first-order valence-corrected chi connectivity index (χ1v) is 8.44. The van der Waals surface area contributed by atoms with Crippen LogP contribution in [0.3, 0.4) is 0 Å². The number of nitrogens with zero attached hydrogens (tertiary/aromatic N) is 1. The molecule has 1 aliphatic carbocycles. The standard InChI is InChI=1S/C18H25N3O2/c1-11(2)18(22)20-13-5-4-6-14(9-13)23-17-8-7-16-15(12(17)3)10-19-21-16/h7-8,10-11,13-14H,4-6,9H2,1-3H3,(H,19,21)(H,20,22)/t13-,14+/m1/s1. The fourth-order valence-corrected chi connectivity index (χ4v) is 3.20. The van der Waals surface area contributed by atoms with E-state index >= 15 is 0 Å². The number of hydrogen-bond acceptors (Lipinski definition) is 3. The highest BCUT2D eigenvalue weighted by atomic mass is 16.5. The summed E-state index contributed by atoms with van der Waals surface area (Å²) in [6.07, 6.45) is 6.03. The minimum atomic E-state index is 0.0297. The van der Waals surface area contributed by atoms with Crippen molar-refractivity contribution in [3.63, 3.8) is 0 Å². The van der Waals surface area contributed by atoms with E-state index in [2.05, 4.69) is 22.4 Å². The Bertz CT molecular complexity index is 693. The van der Waals surface area contributed by atoms with Gasteiger partial charge in [0.15, 0.2) is 0 Å². The Morgan fingerprint density at radius 2 is 2.22 bits per heavy atom. The number of benzene rings is 1. The molecule has 0 saturated heterocycles. The molecule has 5 nitrogen and oxygen atoms in total. The van der Waals surface area contributed by atoms with Crippen LogP contribution in [0.4, 0.5) is 0 Å². The monoisotopic (exact) mass is 315 g/mol. The third kappa shape index (κ3) is 3.49. The Morgan fingerprint density at radius 3 is 3.00 bits per heavy atom. The Labute approximate surface area is 136 Å². The van der Waals surface area contributed by atoms with Crippen molar-refractivity contribution >= 4 is 16.8 Å². The number of H-pyrrole nitrogens is 1. The van der Waals surface area contributed by atoms with E-state index in [1.54, 1.807) is 0 Å². The van der Waals surface area contributed by atoms with Gasteiger partial charge in [0.05, 0.1) is 11.7 Å². The number of ether oxygens (including phenoxy) is 1. The molecular formula is C18H25N3O2. The van der Waals surface area contributed by atoms with Crippen LogP contribution in [-0.2, 0) is 4.79 Å². The SMILES string of the molecule is Cc1c(O[C@H]2CCC[C@@H](NC(=O)C(C)C)C2)ccc2[nH]ncc12. The van der Waals surface area contributed by atoms with Crippen molar-refractivity contribution in [1.29, 1.82) is 0 Å². The summed E-state index contributed by atoms with van der Waals surface area (Å²) in [7, 11) is 0. The van der Waals surface area contributed by atoms with E-state index in [9.17, 15) is 4.79 Å². The number of nitrogens with one attached hydrogen (secondary N) is 2. The number of carbonyl (C=O) groups is 1. The number of aromatic nitrogens is 2. The molecule has 1 heterocycles. The summed E-state index contributed by atoms with van der Waals surface area (Å²) < 4.78 is 6.24. The van der Waals surface area contributed by atoms with Crippen molar-refractivity contribution in [1.82, 2.24) is 15.5 Å². The molecule has 1 aliphatic rings. The predicted octanol–water partition coefficient (Wildman–Crippen LogP) is 3.33. The van der Waals surface area contributed by atoms with E-state index in [4.69, 9.17) is 4.74 Å². The van der Waals surface area contributed by atoms with E-state index in [1.807, 2.05) is 32.2 Å². The largest absolute Gasteiger partial charge is 0.490 e. The molecule has 0 bridgehead atoms. The highest BCUT2D eigenvalue weighted by Gasteiger charge is 2.25. The molecule has 0 spiro atoms. The first-order chi connectivity index (χ1) is 11.0. The Morgan fingerprint density at radius 1 is 1.39 bits per heavy atom. The second kappa shape index (κ2) is 6.60. The molecule has 2 atom stereocenters. The van der Waals surface area contributed by atoms with Crippen LogP contribution in [0.25, 0.3) is 10.9 Å². The van der Waals surface area contributed by atoms with Gasteiger partial charge in [0.25, 0.3) is 0 Å². The lowest BCUT2D eigenvalue weighted by Gasteiger charge is -2.31. The molecule has 23 heavy (non-hydrogen) atoms. The molecule has 3 rings (SSSR count). The number of hydrogen-bond donors (Lipinski definition) is 2. The molecule has 124 valence electrons. The van der Waals surface area contributed by atoms with E-state index in [0.717, 1.165) is 47.9 Å². The first kappa shape index (κ1) is 15.8. The van der Waals surface area contributed by atoms with Crippen molar-refractivity contribution in [2.75, 3.05) is 0 Å². The van der Waals surface area contributed by atoms with E-state index < -0.39 is 0 Å². The molecule has 0 radical (unpaired) electrons. The number of rotatable bonds is 4. The van der Waals surface area contributed by atoms with Crippen molar-refractivity contribution in [2.24, 2.45) is 5.92 Å². The van der Waals surface area contributed by atoms with Crippen LogP contribution in [-0.4, -0.2) is 28.3 Å². The molecule has 1 saturated carbocycles. The van der Waals surface area contributed by atoms with Gasteiger partial charge in [-0.3, -0.25) is 9.89 Å². The molecule has 2 aromatic rings. The average molecular weight is 315 g/mol. The van der Waals surface area contributed by atoms with E-state index in [1.165, 1.54) is 0 Å². The third-order valence-electron chi connectivity index (χ3n) is 4.63. The van der Waals surface area contributed by atoms with Gasteiger partial charge in [-0.05, 0) is 38.3 Å². The minimum Gasteiger partial charge on any atom is -0.490 e. The number of aryl methyl sites for hydroxylation is 1. The van der Waals surface area contributed by atoms with Gasteiger partial charge in [-0.1, -0.05) is 13.8 Å². The minimum absolute atomic E-state index is 0.0297. The Hall–Kier alpha value is -2.04. The van der Waals surface area contributed by atoms with Crippen LogP contribution in [0.2, 0.25) is 0 Å². The second-order valence-electron chi connectivity index (χ2n) is 6.79. The summed E-state index contributed by atoms with van der Waals surface area (Å²) in [6.45, 7) is 5.92. The van der Waals surface area contributed by atoms with Gasteiger partial charge >= 0.3 is 0 Å². The Kier molecular flexibility index (Phi) is 4.55. The number of carbonyl (C=O) groups excluding carboxylic acids is 1. The van der Waals surface area contributed by atoms with Crippen LogP contribution in [0, 0.1) is 12.8 Å². The maximum absolute atomic E-state index is 11.9. The van der Waals surface area contributed by atoms with Crippen LogP contribution in [0.1, 0.15) is 45.1 Å². The lowest BCUT2D eigenvalue weighted by Crippen LogP contribution is -2.42. The van der Waals surface area contributed by atoms with Gasteiger partial charge in [-0.15, -0.1) is 0 Å². The topological polar surface area (TPSA) is 67.0 Å². The molecule has 1 aromatic heterocycles. The zero-order valence-corrected chi connectivity index (χ0v) is 14.1. The van der Waals surface area contributed by atoms with Crippen LogP contribution < -0.4 is 10.1 Å². The van der Waals surface area contributed by atoms with E-state index in [0.29, 0.717) is 0 Å². The second-order valence-corrected chi connectivity index (χ2v) is 6.79. The molecule has 1 fully saturated rings. The average Bonchev–Trinajstić information content (AvgIpc) is 3.00. The lowest BCUT2D eigenvalue weighted by molar-refractivity contribution is -0.125. The maximum Gasteiger partial charge on any atom is 0.222 e. The number of fused-ring (bicyclic) bond motifs is 1. The highest BCUT2D eigenvalue weighted by Crippen LogP contribution is 2.30. The number of aromatic amines is 1. The predicted molar refractivity (Wildman–Crippen MR) is 90.5 cm³/mol. The van der Waals surface area contributed by atoms with Gasteiger partial charge < -0.3 is 10.1 Å². The fourth-order valence-electron chi connectivity index (χ4n) is 3.20. The lowest BCUT2D eigenvalue weighted by atomic mass is 9.92. The van der Waals surface area contributed by atoms with Gasteiger partial charge in [-0.25, -0.2) is 0 Å². The van der Waals surface area contributed by atoms with Gasteiger partial charge in [-0.2, -0.15) is 5.10 Å². The molecule has 1 amide bonds. The zero-order valence-electron chi connectivity index (χ0n) is 14.1. The van der Waals surface area contributed by atoms with Crippen molar-refractivity contribution < 1.29 is 9.53 Å². The van der Waals surface area contributed by atoms with E-state index in [-0.39, 0.29) is 24.0 Å². The summed E-state index contributed by atoms with van der Waals surface area (Å²) in [6, 6.07) is 4.24. The zero-order chi connectivity index (χ0) is 16.4. The molecule has 0 unspecified atom stereocenters. The number of amides is 1. The Balaban J connectivity index is 1.67. The first-order valence-electron chi connectivity index (χ1n) is 8.44. The van der Waals surface area contributed by atoms with Gasteiger partial charge in [0.2, 0.25) is 5.91 Å². The summed E-state index contributed by atoms with van der Waals surface area (Å²) in [5.41, 5.74) is 2.14. The maximum atomic E-state index is 11.9. The quantitative estimate of drug-likeness (QED) is 0.909. The fraction of sp³-hybridized carbons (Fsp3) is 0.556. The van der Waals surface area contributed by atoms with Crippen LogP contribution in [0.5, 0.6) is 5.75 Å². The summed E-state index contributed by atoms with van der Waals surface area (Å²) in [5.74, 6) is 1.08. The summed E-state index contributed by atoms with van der Waals surface area (Å²) in [5, 5.41) is 11.3. The molecule has 0 aliphatic heterocycles. The third-order valence-corrected chi connectivity index (χ3v) is 4.63. The van der Waals surface area contributed by atoms with Gasteiger partial charge in [0, 0.05) is 29.3 Å². The van der Waals surface area contributed by atoms with Gasteiger partial charge in [0.1, 0.15) is 11.9 Å². The molecule has 2 N–H and O–H groups in total. The highest BCUT2D eigenvalue weighted by molar-refractivity contribution is 5.83. The van der Waals surface area contributed by atoms with Crippen molar-refractivity contribution in [3.05, 3.63) is 23.9 Å². The molecular weight excluding hydrogens is 290 g/mol. The summed E-state index contributed by atoms with van der Waals surface area (Å²) in [4.78, 5) is 11.9. The summed E-state index contributed by atoms with van der Waals surface area (Å²) >= 11 is 0. The molecule has 1 aromatic carbocycles. The normalized spacial score (nSPS) is 21.6. The van der Waals surface area contributed by atoms with Crippen molar-refractivity contribution in [2.45, 2.75) is 58.6 Å². The molecule has 5 heteroatoms.